The highest BCUT2D eigenvalue weighted by Crippen LogP contribution is 2.23. The second-order valence-electron chi connectivity index (χ2n) is 4.02. The van der Waals surface area contributed by atoms with Crippen molar-refractivity contribution in [1.29, 1.82) is 0 Å². The average molecular weight is 290 g/mol. The zero-order valence-electron chi connectivity index (χ0n) is 8.47. The lowest BCUT2D eigenvalue weighted by Gasteiger charge is -2.22. The molecule has 0 saturated carbocycles. The molecule has 15 heavy (non-hydrogen) atoms. The summed E-state index contributed by atoms with van der Waals surface area (Å²) in [5.41, 5.74) is 1.15. The topological polar surface area (TPSA) is 24.9 Å². The molecule has 0 aliphatic carbocycles. The van der Waals surface area contributed by atoms with E-state index in [1.165, 1.54) is 12.8 Å². The first-order chi connectivity index (χ1) is 7.25. The number of nitrogens with zero attached hydrogens (tertiary/aromatic N) is 1. The standard InChI is InChI=1S/C11H14BrClN2/c12-10-5-9(11(13)15-7-10)4-8-2-1-3-14-6-8/h5,7-8,14H,1-4,6H2. The van der Waals surface area contributed by atoms with Gasteiger partial charge < -0.3 is 5.32 Å². The number of pyridine rings is 1. The molecule has 1 N–H and O–H groups in total. The molecule has 1 saturated heterocycles. The third kappa shape index (κ3) is 3.16. The molecule has 1 fully saturated rings. The summed E-state index contributed by atoms with van der Waals surface area (Å²) in [5.74, 6) is 0.701. The van der Waals surface area contributed by atoms with Crippen LogP contribution in [0, 0.1) is 5.92 Å². The Morgan fingerprint density at radius 3 is 3.20 bits per heavy atom. The number of hydrogen-bond donors (Lipinski definition) is 1. The Balaban J connectivity index is 2.05. The summed E-state index contributed by atoms with van der Waals surface area (Å²) in [7, 11) is 0. The Bertz CT molecular complexity index is 337. The Labute approximate surface area is 104 Å². The van der Waals surface area contributed by atoms with E-state index in [4.69, 9.17) is 11.6 Å². The van der Waals surface area contributed by atoms with Crippen molar-refractivity contribution < 1.29 is 0 Å². The molecular weight excluding hydrogens is 275 g/mol. The number of piperidine rings is 1. The smallest absolute Gasteiger partial charge is 0.132 e. The number of aromatic nitrogens is 1. The molecule has 1 aliphatic rings. The van der Waals surface area contributed by atoms with E-state index in [1.54, 1.807) is 6.20 Å². The third-order valence-electron chi connectivity index (χ3n) is 2.79. The van der Waals surface area contributed by atoms with Gasteiger partial charge >= 0.3 is 0 Å². The molecule has 0 amide bonds. The quantitative estimate of drug-likeness (QED) is 0.847. The summed E-state index contributed by atoms with van der Waals surface area (Å²) >= 11 is 9.49. The summed E-state index contributed by atoms with van der Waals surface area (Å²) in [4.78, 5) is 4.14. The lowest BCUT2D eigenvalue weighted by atomic mass is 9.93. The normalized spacial score (nSPS) is 21.6. The highest BCUT2D eigenvalue weighted by atomic mass is 79.9. The summed E-state index contributed by atoms with van der Waals surface area (Å²) in [6.07, 6.45) is 5.32. The molecule has 82 valence electrons. The summed E-state index contributed by atoms with van der Waals surface area (Å²) < 4.78 is 1.01. The van der Waals surface area contributed by atoms with Crippen molar-refractivity contribution in [3.05, 3.63) is 27.5 Å². The van der Waals surface area contributed by atoms with Gasteiger partial charge in [0, 0.05) is 10.7 Å². The van der Waals surface area contributed by atoms with Gasteiger partial charge in [0.15, 0.2) is 0 Å². The molecule has 0 spiro atoms. The fraction of sp³-hybridized carbons (Fsp3) is 0.545. The van der Waals surface area contributed by atoms with Gasteiger partial charge in [-0.2, -0.15) is 0 Å². The number of nitrogens with one attached hydrogen (secondary N) is 1. The first-order valence-corrected chi connectivity index (χ1v) is 6.43. The van der Waals surface area contributed by atoms with Gasteiger partial charge in [-0.1, -0.05) is 11.6 Å². The molecule has 2 heterocycles. The van der Waals surface area contributed by atoms with Gasteiger partial charge in [-0.3, -0.25) is 0 Å². The molecule has 1 unspecified atom stereocenters. The van der Waals surface area contributed by atoms with Gasteiger partial charge in [-0.05, 0) is 65.8 Å². The van der Waals surface area contributed by atoms with Gasteiger partial charge in [0.05, 0.1) is 0 Å². The summed E-state index contributed by atoms with van der Waals surface area (Å²) in [6.45, 7) is 2.25. The van der Waals surface area contributed by atoms with Gasteiger partial charge in [-0.25, -0.2) is 4.98 Å². The molecule has 1 atom stereocenters. The van der Waals surface area contributed by atoms with E-state index in [-0.39, 0.29) is 0 Å². The molecular formula is C11H14BrClN2. The SMILES string of the molecule is Clc1ncc(Br)cc1CC1CCCNC1. The van der Waals surface area contributed by atoms with Gasteiger partial charge in [0.2, 0.25) is 0 Å². The molecule has 1 aromatic heterocycles. The second-order valence-corrected chi connectivity index (χ2v) is 5.29. The van der Waals surface area contributed by atoms with Crippen LogP contribution in [-0.4, -0.2) is 18.1 Å². The maximum absolute atomic E-state index is 6.06. The molecule has 2 nitrogen and oxygen atoms in total. The van der Waals surface area contributed by atoms with E-state index in [2.05, 4.69) is 32.3 Å². The molecule has 1 aromatic rings. The van der Waals surface area contributed by atoms with Crippen LogP contribution in [0.2, 0.25) is 5.15 Å². The number of halogens is 2. The highest BCUT2D eigenvalue weighted by molar-refractivity contribution is 9.10. The summed E-state index contributed by atoms with van der Waals surface area (Å²) in [6, 6.07) is 2.07. The lowest BCUT2D eigenvalue weighted by Crippen LogP contribution is -2.30. The first-order valence-electron chi connectivity index (χ1n) is 5.26. The van der Waals surface area contributed by atoms with Crippen LogP contribution in [0.1, 0.15) is 18.4 Å². The van der Waals surface area contributed by atoms with Crippen LogP contribution < -0.4 is 5.32 Å². The zero-order valence-corrected chi connectivity index (χ0v) is 10.8. The molecule has 0 aromatic carbocycles. The fourth-order valence-electron chi connectivity index (χ4n) is 2.02. The molecule has 2 rings (SSSR count). The minimum Gasteiger partial charge on any atom is -0.316 e. The second kappa shape index (κ2) is 5.28. The van der Waals surface area contributed by atoms with Crippen LogP contribution >= 0.6 is 27.5 Å². The Morgan fingerprint density at radius 2 is 2.47 bits per heavy atom. The predicted molar refractivity (Wildman–Crippen MR) is 66.2 cm³/mol. The van der Waals surface area contributed by atoms with Crippen LogP contribution in [-0.2, 0) is 6.42 Å². The van der Waals surface area contributed by atoms with Crippen LogP contribution in [0.3, 0.4) is 0 Å². The van der Waals surface area contributed by atoms with Crippen LogP contribution in [0.25, 0.3) is 0 Å². The van der Waals surface area contributed by atoms with E-state index in [0.717, 1.165) is 29.5 Å². The van der Waals surface area contributed by atoms with Crippen LogP contribution in [0.4, 0.5) is 0 Å². The maximum Gasteiger partial charge on any atom is 0.132 e. The highest BCUT2D eigenvalue weighted by Gasteiger charge is 2.15. The Morgan fingerprint density at radius 1 is 1.60 bits per heavy atom. The molecule has 0 bridgehead atoms. The largest absolute Gasteiger partial charge is 0.316 e. The van der Waals surface area contributed by atoms with E-state index < -0.39 is 0 Å². The number of rotatable bonds is 2. The van der Waals surface area contributed by atoms with Crippen molar-refractivity contribution in [2.45, 2.75) is 19.3 Å². The van der Waals surface area contributed by atoms with Crippen molar-refractivity contribution in [2.24, 2.45) is 5.92 Å². The lowest BCUT2D eigenvalue weighted by molar-refractivity contribution is 0.376. The fourth-order valence-corrected chi connectivity index (χ4v) is 2.58. The van der Waals surface area contributed by atoms with E-state index in [1.807, 2.05) is 0 Å². The van der Waals surface area contributed by atoms with Crippen molar-refractivity contribution in [1.82, 2.24) is 10.3 Å². The van der Waals surface area contributed by atoms with Crippen LogP contribution in [0.15, 0.2) is 16.7 Å². The maximum atomic E-state index is 6.06. The van der Waals surface area contributed by atoms with E-state index in [9.17, 15) is 0 Å². The Kier molecular flexibility index (Phi) is 4.00. The predicted octanol–water partition coefficient (Wildman–Crippen LogP) is 3.04. The van der Waals surface area contributed by atoms with Crippen LogP contribution in [0.5, 0.6) is 0 Å². The van der Waals surface area contributed by atoms with Crippen molar-refractivity contribution in [2.75, 3.05) is 13.1 Å². The minimum absolute atomic E-state index is 0.642. The van der Waals surface area contributed by atoms with Crippen molar-refractivity contribution in [3.8, 4) is 0 Å². The third-order valence-corrected chi connectivity index (χ3v) is 3.56. The number of hydrogen-bond acceptors (Lipinski definition) is 2. The monoisotopic (exact) mass is 288 g/mol. The summed E-state index contributed by atoms with van der Waals surface area (Å²) in [5, 5.41) is 4.06. The Hall–Kier alpha value is -0.120. The van der Waals surface area contributed by atoms with E-state index in [0.29, 0.717) is 11.1 Å². The van der Waals surface area contributed by atoms with Gasteiger partial charge in [0.25, 0.3) is 0 Å². The van der Waals surface area contributed by atoms with Gasteiger partial charge in [0.1, 0.15) is 5.15 Å². The first kappa shape index (κ1) is 11.4. The average Bonchev–Trinajstić information content (AvgIpc) is 2.25. The minimum atomic E-state index is 0.642. The zero-order chi connectivity index (χ0) is 10.7. The van der Waals surface area contributed by atoms with Gasteiger partial charge in [-0.15, -0.1) is 0 Å². The molecule has 4 heteroatoms. The van der Waals surface area contributed by atoms with Crippen molar-refractivity contribution in [3.63, 3.8) is 0 Å². The van der Waals surface area contributed by atoms with E-state index >= 15 is 0 Å². The molecule has 1 aliphatic heterocycles. The van der Waals surface area contributed by atoms with Crippen molar-refractivity contribution >= 4 is 27.5 Å². The molecule has 0 radical (unpaired) electrons.